The number of hydrogen-bond acceptors (Lipinski definition) is 4. The van der Waals surface area contributed by atoms with E-state index in [-0.39, 0.29) is 0 Å². The summed E-state index contributed by atoms with van der Waals surface area (Å²) in [6, 6.07) is 0.649. The molecule has 1 aliphatic heterocycles. The predicted molar refractivity (Wildman–Crippen MR) is 74.6 cm³/mol. The second kappa shape index (κ2) is 5.25. The van der Waals surface area contributed by atoms with Crippen molar-refractivity contribution in [3.8, 4) is 0 Å². The second-order valence-corrected chi connectivity index (χ2v) is 6.35. The van der Waals surface area contributed by atoms with Crippen molar-refractivity contribution in [1.82, 2.24) is 10.1 Å². The van der Waals surface area contributed by atoms with Gasteiger partial charge < -0.3 is 10.3 Å². The highest BCUT2D eigenvalue weighted by atomic mass is 16.5. The number of likely N-dealkylation sites (tertiary alicyclic amines) is 1. The molecule has 0 amide bonds. The summed E-state index contributed by atoms with van der Waals surface area (Å²) in [5.41, 5.74) is 8.75. The molecule has 1 saturated heterocycles. The Morgan fingerprint density at radius 1 is 1.42 bits per heavy atom. The molecule has 0 bridgehead atoms. The number of piperidine rings is 1. The van der Waals surface area contributed by atoms with E-state index >= 15 is 0 Å². The van der Waals surface area contributed by atoms with Crippen molar-refractivity contribution >= 4 is 0 Å². The third kappa shape index (κ3) is 2.32. The first-order valence-corrected chi connectivity index (χ1v) is 7.59. The average Bonchev–Trinajstić information content (AvgIpc) is 2.77. The molecule has 2 fully saturated rings. The molecule has 1 aliphatic carbocycles. The summed E-state index contributed by atoms with van der Waals surface area (Å²) in [6.45, 7) is 5.02. The number of aryl methyl sites for hydroxylation is 1. The van der Waals surface area contributed by atoms with E-state index in [4.69, 9.17) is 10.3 Å². The van der Waals surface area contributed by atoms with E-state index in [1.165, 1.54) is 50.6 Å². The van der Waals surface area contributed by atoms with Gasteiger partial charge in [-0.2, -0.15) is 0 Å². The quantitative estimate of drug-likeness (QED) is 0.906. The first kappa shape index (κ1) is 13.1. The molecule has 2 N–H and O–H groups in total. The molecule has 0 aromatic carbocycles. The number of nitrogens with two attached hydrogens (primary N) is 1. The lowest BCUT2D eigenvalue weighted by Gasteiger charge is -2.53. The highest BCUT2D eigenvalue weighted by Crippen LogP contribution is 2.47. The van der Waals surface area contributed by atoms with Crippen molar-refractivity contribution in [2.24, 2.45) is 11.1 Å². The first-order valence-electron chi connectivity index (χ1n) is 7.59. The number of hydrogen-bond donors (Lipinski definition) is 1. The van der Waals surface area contributed by atoms with Gasteiger partial charge in [-0.3, -0.25) is 4.90 Å². The summed E-state index contributed by atoms with van der Waals surface area (Å²) in [5, 5.41) is 4.15. The molecule has 1 atom stereocenters. The topological polar surface area (TPSA) is 55.3 Å². The van der Waals surface area contributed by atoms with E-state index in [2.05, 4.69) is 17.0 Å². The monoisotopic (exact) mass is 263 g/mol. The molecule has 3 rings (SSSR count). The normalized spacial score (nSPS) is 27.2. The first-order chi connectivity index (χ1) is 9.25. The SMILES string of the molecule is Cc1conc1CN1CCCCC1C1(CN)CCC1. The Balaban J connectivity index is 1.76. The van der Waals surface area contributed by atoms with Gasteiger partial charge in [-0.05, 0) is 51.1 Å². The molecule has 0 spiro atoms. The lowest BCUT2D eigenvalue weighted by molar-refractivity contribution is -0.0215. The Kier molecular flexibility index (Phi) is 3.63. The van der Waals surface area contributed by atoms with Crippen LogP contribution in [0.25, 0.3) is 0 Å². The Morgan fingerprint density at radius 2 is 2.26 bits per heavy atom. The third-order valence-corrected chi connectivity index (χ3v) is 5.28. The molecule has 2 heterocycles. The molecule has 1 unspecified atom stereocenters. The van der Waals surface area contributed by atoms with Crippen LogP contribution < -0.4 is 5.73 Å². The molecule has 0 radical (unpaired) electrons. The van der Waals surface area contributed by atoms with Crippen LogP contribution in [-0.4, -0.2) is 29.2 Å². The average molecular weight is 263 g/mol. The summed E-state index contributed by atoms with van der Waals surface area (Å²) >= 11 is 0. The van der Waals surface area contributed by atoms with Crippen molar-refractivity contribution in [1.29, 1.82) is 0 Å². The maximum atomic E-state index is 6.10. The summed E-state index contributed by atoms with van der Waals surface area (Å²) in [7, 11) is 0. The number of aromatic nitrogens is 1. The van der Waals surface area contributed by atoms with Crippen LogP contribution in [0.3, 0.4) is 0 Å². The van der Waals surface area contributed by atoms with Crippen molar-refractivity contribution in [3.05, 3.63) is 17.5 Å². The van der Waals surface area contributed by atoms with Crippen molar-refractivity contribution in [2.75, 3.05) is 13.1 Å². The zero-order valence-corrected chi connectivity index (χ0v) is 11.9. The van der Waals surface area contributed by atoms with Crippen LogP contribution >= 0.6 is 0 Å². The van der Waals surface area contributed by atoms with E-state index in [0.717, 1.165) is 18.8 Å². The molecular formula is C15H25N3O. The molecule has 4 nitrogen and oxygen atoms in total. The van der Waals surface area contributed by atoms with Crippen molar-refractivity contribution < 1.29 is 4.52 Å². The molecule has 1 aromatic heterocycles. The fourth-order valence-corrected chi connectivity index (χ4v) is 3.83. The summed E-state index contributed by atoms with van der Waals surface area (Å²) in [5.74, 6) is 0. The van der Waals surface area contributed by atoms with Gasteiger partial charge in [0.15, 0.2) is 0 Å². The van der Waals surface area contributed by atoms with Gasteiger partial charge in [0.1, 0.15) is 12.0 Å². The molecule has 1 aromatic rings. The molecule has 4 heteroatoms. The van der Waals surface area contributed by atoms with E-state index in [1.54, 1.807) is 6.26 Å². The third-order valence-electron chi connectivity index (χ3n) is 5.28. The van der Waals surface area contributed by atoms with E-state index in [9.17, 15) is 0 Å². The van der Waals surface area contributed by atoms with Crippen LogP contribution in [0.2, 0.25) is 0 Å². The minimum atomic E-state index is 0.387. The Bertz CT molecular complexity index is 419. The van der Waals surface area contributed by atoms with Gasteiger partial charge in [0.05, 0.1) is 0 Å². The summed E-state index contributed by atoms with van der Waals surface area (Å²) in [4.78, 5) is 2.61. The predicted octanol–water partition coefficient (Wildman–Crippen LogP) is 2.47. The van der Waals surface area contributed by atoms with Crippen LogP contribution in [-0.2, 0) is 6.54 Å². The Hall–Kier alpha value is -0.870. The Morgan fingerprint density at radius 3 is 2.84 bits per heavy atom. The van der Waals surface area contributed by atoms with E-state index in [1.807, 2.05) is 0 Å². The van der Waals surface area contributed by atoms with Gasteiger partial charge >= 0.3 is 0 Å². The zero-order chi connectivity index (χ0) is 13.3. The maximum absolute atomic E-state index is 6.10. The van der Waals surface area contributed by atoms with Crippen LogP contribution in [0, 0.1) is 12.3 Å². The lowest BCUT2D eigenvalue weighted by Crippen LogP contribution is -2.56. The van der Waals surface area contributed by atoms with Gasteiger partial charge in [0, 0.05) is 18.2 Å². The standard InChI is InChI=1S/C15H25N3O/c1-12-10-19-17-13(12)9-18-8-3-2-5-14(18)15(11-16)6-4-7-15/h10,14H,2-9,11,16H2,1H3. The lowest BCUT2D eigenvalue weighted by atomic mass is 9.62. The molecule has 2 aliphatic rings. The molecular weight excluding hydrogens is 238 g/mol. The minimum Gasteiger partial charge on any atom is -0.364 e. The van der Waals surface area contributed by atoms with Crippen molar-refractivity contribution in [2.45, 2.75) is 58.0 Å². The summed E-state index contributed by atoms with van der Waals surface area (Å²) < 4.78 is 5.07. The van der Waals surface area contributed by atoms with Crippen molar-refractivity contribution in [3.63, 3.8) is 0 Å². The van der Waals surface area contributed by atoms with Crippen LogP contribution in [0.5, 0.6) is 0 Å². The van der Waals surface area contributed by atoms with E-state index < -0.39 is 0 Å². The van der Waals surface area contributed by atoms with E-state index in [0.29, 0.717) is 11.5 Å². The van der Waals surface area contributed by atoms with Crippen LogP contribution in [0.1, 0.15) is 49.8 Å². The van der Waals surface area contributed by atoms with Crippen LogP contribution in [0.4, 0.5) is 0 Å². The summed E-state index contributed by atoms with van der Waals surface area (Å²) in [6.07, 6.45) is 9.66. The number of rotatable bonds is 4. The Labute approximate surface area is 115 Å². The van der Waals surface area contributed by atoms with Gasteiger partial charge in [0.2, 0.25) is 0 Å². The molecule has 106 valence electrons. The fourth-order valence-electron chi connectivity index (χ4n) is 3.83. The van der Waals surface area contributed by atoms with Gasteiger partial charge in [0.25, 0.3) is 0 Å². The second-order valence-electron chi connectivity index (χ2n) is 6.35. The number of nitrogens with zero attached hydrogens (tertiary/aromatic N) is 2. The van der Waals surface area contributed by atoms with Gasteiger partial charge in [-0.25, -0.2) is 0 Å². The molecule has 19 heavy (non-hydrogen) atoms. The minimum absolute atomic E-state index is 0.387. The largest absolute Gasteiger partial charge is 0.364 e. The van der Waals surface area contributed by atoms with Gasteiger partial charge in [-0.1, -0.05) is 18.0 Å². The fraction of sp³-hybridized carbons (Fsp3) is 0.800. The highest BCUT2D eigenvalue weighted by Gasteiger charge is 2.46. The maximum Gasteiger partial charge on any atom is 0.127 e. The zero-order valence-electron chi connectivity index (χ0n) is 11.9. The van der Waals surface area contributed by atoms with Crippen LogP contribution in [0.15, 0.2) is 10.8 Å². The highest BCUT2D eigenvalue weighted by molar-refractivity contribution is 5.12. The smallest absolute Gasteiger partial charge is 0.127 e. The van der Waals surface area contributed by atoms with Gasteiger partial charge in [-0.15, -0.1) is 0 Å². The molecule has 1 saturated carbocycles.